The first-order chi connectivity index (χ1) is 7.72. The third-order valence-corrected chi connectivity index (χ3v) is 3.24. The van der Waals surface area contributed by atoms with Crippen molar-refractivity contribution in [2.75, 3.05) is 20.6 Å². The van der Waals surface area contributed by atoms with Gasteiger partial charge in [0.2, 0.25) is 0 Å². The fourth-order valence-electron chi connectivity index (χ4n) is 1.86. The third-order valence-electron chi connectivity index (χ3n) is 2.61. The van der Waals surface area contributed by atoms with Crippen LogP contribution in [-0.4, -0.2) is 53.2 Å². The van der Waals surface area contributed by atoms with Crippen LogP contribution in [0, 0.1) is 0 Å². The molecule has 1 atom stereocenters. The van der Waals surface area contributed by atoms with Crippen LogP contribution in [0.25, 0.3) is 0 Å². The smallest absolute Gasteiger partial charge is 0.410 e. The van der Waals surface area contributed by atoms with E-state index >= 15 is 0 Å². The van der Waals surface area contributed by atoms with Crippen molar-refractivity contribution in [2.24, 2.45) is 0 Å². The molecule has 0 unspecified atom stereocenters. The van der Waals surface area contributed by atoms with Crippen LogP contribution >= 0.6 is 12.2 Å². The van der Waals surface area contributed by atoms with Crippen LogP contribution in [-0.2, 0) is 4.74 Å². The Morgan fingerprint density at radius 3 is 2.47 bits per heavy atom. The van der Waals surface area contributed by atoms with Crippen LogP contribution in [0.15, 0.2) is 0 Å². The Bertz CT molecular complexity index is 310. The summed E-state index contributed by atoms with van der Waals surface area (Å²) in [5.41, 5.74) is -0.454. The van der Waals surface area contributed by atoms with Crippen molar-refractivity contribution in [3.8, 4) is 0 Å². The maximum atomic E-state index is 12.0. The molecule has 0 bridgehead atoms. The average Bonchev–Trinajstić information content (AvgIpc) is 2.61. The van der Waals surface area contributed by atoms with Gasteiger partial charge >= 0.3 is 6.09 Å². The number of carbonyl (C=O) groups excluding carboxylic acids is 1. The van der Waals surface area contributed by atoms with Crippen LogP contribution in [0.1, 0.15) is 33.6 Å². The zero-order valence-electron chi connectivity index (χ0n) is 11.3. The first kappa shape index (κ1) is 14.2. The number of ether oxygens (including phenoxy) is 1. The molecule has 17 heavy (non-hydrogen) atoms. The molecule has 0 aromatic carbocycles. The van der Waals surface area contributed by atoms with Gasteiger partial charge in [-0.3, -0.25) is 4.90 Å². The molecule has 0 radical (unpaired) electrons. The topological polar surface area (TPSA) is 32.8 Å². The average molecular weight is 258 g/mol. The van der Waals surface area contributed by atoms with Crippen molar-refractivity contribution in [1.29, 1.82) is 0 Å². The van der Waals surface area contributed by atoms with Gasteiger partial charge in [-0.1, -0.05) is 12.2 Å². The molecule has 0 aromatic rings. The minimum atomic E-state index is -0.454. The molecular weight excluding hydrogens is 236 g/mol. The van der Waals surface area contributed by atoms with E-state index in [1.54, 1.807) is 4.90 Å². The van der Waals surface area contributed by atoms with Gasteiger partial charge in [0.05, 0.1) is 6.04 Å². The van der Waals surface area contributed by atoms with Gasteiger partial charge in [0.1, 0.15) is 10.6 Å². The normalized spacial score (nSPS) is 20.3. The van der Waals surface area contributed by atoms with E-state index in [1.165, 1.54) is 0 Å². The van der Waals surface area contributed by atoms with Crippen LogP contribution < -0.4 is 0 Å². The number of rotatable bonds is 1. The summed E-state index contributed by atoms with van der Waals surface area (Å²) in [6, 6.07) is 0.00912. The molecule has 1 aliphatic heterocycles. The molecule has 0 saturated carbocycles. The molecule has 1 rings (SSSR count). The first-order valence-corrected chi connectivity index (χ1v) is 6.34. The molecule has 1 aliphatic rings. The van der Waals surface area contributed by atoms with Gasteiger partial charge in [-0.15, -0.1) is 0 Å². The van der Waals surface area contributed by atoms with Crippen LogP contribution in [0.5, 0.6) is 0 Å². The number of carbonyl (C=O) groups is 1. The van der Waals surface area contributed by atoms with E-state index in [-0.39, 0.29) is 12.1 Å². The molecule has 0 aromatic heterocycles. The van der Waals surface area contributed by atoms with Gasteiger partial charge < -0.3 is 9.64 Å². The maximum Gasteiger partial charge on any atom is 0.410 e. The minimum Gasteiger partial charge on any atom is -0.444 e. The lowest BCUT2D eigenvalue weighted by Gasteiger charge is -2.30. The predicted molar refractivity (Wildman–Crippen MR) is 72.2 cm³/mol. The minimum absolute atomic E-state index is 0.00912. The number of likely N-dealkylation sites (N-methyl/N-ethyl adjacent to an activating group) is 1. The number of nitrogens with zero attached hydrogens (tertiary/aromatic N) is 2. The second-order valence-corrected chi connectivity index (χ2v) is 5.98. The SMILES string of the molecule is CN(C)C(=S)[C@@H]1CCCN1C(=O)OC(C)(C)C. The Morgan fingerprint density at radius 2 is 2.00 bits per heavy atom. The standard InChI is InChI=1S/C12H22N2O2S/c1-12(2,3)16-11(15)14-8-6-7-9(14)10(17)13(4)5/h9H,6-8H2,1-5H3/t9-/m0/s1. The maximum absolute atomic E-state index is 12.0. The number of hydrogen-bond donors (Lipinski definition) is 0. The van der Waals surface area contributed by atoms with Gasteiger partial charge in [-0.25, -0.2) is 4.79 Å². The summed E-state index contributed by atoms with van der Waals surface area (Å²) in [5, 5.41) is 0. The van der Waals surface area contributed by atoms with E-state index in [1.807, 2.05) is 39.8 Å². The molecule has 98 valence electrons. The summed E-state index contributed by atoms with van der Waals surface area (Å²) >= 11 is 5.35. The Balaban J connectivity index is 2.70. The lowest BCUT2D eigenvalue weighted by Crippen LogP contribution is -2.46. The molecule has 0 N–H and O–H groups in total. The lowest BCUT2D eigenvalue weighted by molar-refractivity contribution is 0.0263. The van der Waals surface area contributed by atoms with E-state index in [0.717, 1.165) is 24.4 Å². The molecular formula is C12H22N2O2S. The number of thiocarbonyl (C=S) groups is 1. The molecule has 1 fully saturated rings. The largest absolute Gasteiger partial charge is 0.444 e. The summed E-state index contributed by atoms with van der Waals surface area (Å²) in [7, 11) is 3.82. The van der Waals surface area contributed by atoms with Crippen LogP contribution in [0.3, 0.4) is 0 Å². The second-order valence-electron chi connectivity index (χ2n) is 5.56. The number of likely N-dealkylation sites (tertiary alicyclic amines) is 1. The Hall–Kier alpha value is -0.840. The van der Waals surface area contributed by atoms with Gasteiger partial charge in [-0.2, -0.15) is 0 Å². The highest BCUT2D eigenvalue weighted by Crippen LogP contribution is 2.22. The Kier molecular flexibility index (Phi) is 4.36. The number of amides is 1. The lowest BCUT2D eigenvalue weighted by atomic mass is 10.2. The highest BCUT2D eigenvalue weighted by Gasteiger charge is 2.35. The quantitative estimate of drug-likeness (QED) is 0.676. The van der Waals surface area contributed by atoms with E-state index in [0.29, 0.717) is 0 Å². The molecule has 1 amide bonds. The summed E-state index contributed by atoms with van der Waals surface area (Å²) in [6.07, 6.45) is 1.65. The third kappa shape index (κ3) is 3.84. The van der Waals surface area contributed by atoms with Crippen molar-refractivity contribution >= 4 is 23.3 Å². The molecule has 0 aliphatic carbocycles. The second kappa shape index (κ2) is 5.21. The molecule has 1 saturated heterocycles. The van der Waals surface area contributed by atoms with E-state index in [4.69, 9.17) is 17.0 Å². The van der Waals surface area contributed by atoms with Crippen molar-refractivity contribution in [1.82, 2.24) is 9.80 Å². The van der Waals surface area contributed by atoms with Gasteiger partial charge in [0, 0.05) is 20.6 Å². The number of hydrogen-bond acceptors (Lipinski definition) is 3. The summed E-state index contributed by atoms with van der Waals surface area (Å²) in [5.74, 6) is 0. The van der Waals surface area contributed by atoms with Gasteiger partial charge in [0.15, 0.2) is 0 Å². The summed E-state index contributed by atoms with van der Waals surface area (Å²) < 4.78 is 5.39. The fourth-order valence-corrected chi connectivity index (χ4v) is 2.11. The van der Waals surface area contributed by atoms with Crippen molar-refractivity contribution < 1.29 is 9.53 Å². The van der Waals surface area contributed by atoms with Crippen LogP contribution in [0.2, 0.25) is 0 Å². The monoisotopic (exact) mass is 258 g/mol. The van der Waals surface area contributed by atoms with E-state index in [2.05, 4.69) is 0 Å². The van der Waals surface area contributed by atoms with Crippen molar-refractivity contribution in [3.05, 3.63) is 0 Å². The highest BCUT2D eigenvalue weighted by atomic mass is 32.1. The van der Waals surface area contributed by atoms with E-state index < -0.39 is 5.60 Å². The summed E-state index contributed by atoms with van der Waals surface area (Å²) in [4.78, 5) is 16.5. The zero-order chi connectivity index (χ0) is 13.2. The van der Waals surface area contributed by atoms with Crippen LogP contribution in [0.4, 0.5) is 4.79 Å². The Labute approximate surface area is 109 Å². The van der Waals surface area contributed by atoms with Crippen molar-refractivity contribution in [2.45, 2.75) is 45.3 Å². The van der Waals surface area contributed by atoms with Gasteiger partial charge in [0.25, 0.3) is 0 Å². The molecule has 5 heteroatoms. The fraction of sp³-hybridized carbons (Fsp3) is 0.833. The van der Waals surface area contributed by atoms with E-state index in [9.17, 15) is 4.79 Å². The highest BCUT2D eigenvalue weighted by molar-refractivity contribution is 7.80. The summed E-state index contributed by atoms with van der Waals surface area (Å²) in [6.45, 7) is 6.36. The molecule has 4 nitrogen and oxygen atoms in total. The zero-order valence-corrected chi connectivity index (χ0v) is 12.1. The Morgan fingerprint density at radius 1 is 1.41 bits per heavy atom. The first-order valence-electron chi connectivity index (χ1n) is 5.93. The van der Waals surface area contributed by atoms with Gasteiger partial charge in [-0.05, 0) is 33.6 Å². The molecule has 0 spiro atoms. The predicted octanol–water partition coefficient (Wildman–Crippen LogP) is 2.27. The molecule has 1 heterocycles. The van der Waals surface area contributed by atoms with Crippen molar-refractivity contribution in [3.63, 3.8) is 0 Å².